The molecule has 0 radical (unpaired) electrons. The quantitative estimate of drug-likeness (QED) is 0.306. The molecule has 2 heterocycles. The van der Waals surface area contributed by atoms with Crippen molar-refractivity contribution in [3.05, 3.63) is 77.6 Å². The van der Waals surface area contributed by atoms with Crippen molar-refractivity contribution in [2.24, 2.45) is 11.1 Å². The molecule has 0 bridgehead atoms. The van der Waals surface area contributed by atoms with E-state index in [1.807, 2.05) is 75.4 Å². The summed E-state index contributed by atoms with van der Waals surface area (Å²) in [5.74, 6) is -1.57. The first kappa shape index (κ1) is 27.3. The van der Waals surface area contributed by atoms with Gasteiger partial charge in [0.15, 0.2) is 0 Å². The zero-order chi connectivity index (χ0) is 27.3. The molecule has 0 spiro atoms. The lowest BCUT2D eigenvalue weighted by atomic mass is 9.74. The van der Waals surface area contributed by atoms with E-state index < -0.39 is 24.6 Å². The second-order valence-corrected chi connectivity index (χ2v) is 10.3. The fourth-order valence-corrected chi connectivity index (χ4v) is 4.72. The van der Waals surface area contributed by atoms with Gasteiger partial charge in [-0.15, -0.1) is 0 Å². The van der Waals surface area contributed by atoms with Crippen LogP contribution in [0.25, 0.3) is 10.8 Å². The van der Waals surface area contributed by atoms with Crippen LogP contribution in [-0.4, -0.2) is 57.8 Å². The number of benzene rings is 2. The summed E-state index contributed by atoms with van der Waals surface area (Å²) in [6.07, 6.45) is 2.33. The number of hydrogen-bond acceptors (Lipinski definition) is 7. The number of pyridine rings is 1. The Kier molecular flexibility index (Phi) is 8.43. The standard InChI is InChI=1S/C28H33BN4O5/c1-18(2)13-24(29(36)37)32-27(35)28(15-20-8-6-7-19(3)14-20)16-22(33-38-28)17-31-26(34)25-23-10-5-4-9-21(23)11-12-30-25/h4-12,14,18,24,36-37H,13,15-17H2,1-3H3,(H,31,34)(H,32,35). The lowest BCUT2D eigenvalue weighted by Crippen LogP contribution is -2.56. The van der Waals surface area contributed by atoms with Gasteiger partial charge < -0.3 is 25.5 Å². The maximum atomic E-state index is 13.6. The molecule has 0 saturated carbocycles. The summed E-state index contributed by atoms with van der Waals surface area (Å²) in [5, 5.41) is 31.1. The van der Waals surface area contributed by atoms with Crippen LogP contribution in [0.2, 0.25) is 0 Å². The van der Waals surface area contributed by atoms with Gasteiger partial charge in [0.1, 0.15) is 5.69 Å². The molecule has 38 heavy (non-hydrogen) atoms. The third-order valence-corrected chi connectivity index (χ3v) is 6.57. The minimum atomic E-state index is -1.72. The maximum Gasteiger partial charge on any atom is 0.475 e. The molecule has 2 atom stereocenters. The van der Waals surface area contributed by atoms with Crippen LogP contribution < -0.4 is 10.6 Å². The van der Waals surface area contributed by atoms with E-state index in [0.29, 0.717) is 17.8 Å². The van der Waals surface area contributed by atoms with E-state index in [9.17, 15) is 19.6 Å². The highest BCUT2D eigenvalue weighted by Crippen LogP contribution is 2.30. The van der Waals surface area contributed by atoms with Gasteiger partial charge in [-0.25, -0.2) is 0 Å². The molecule has 2 unspecified atom stereocenters. The number of aromatic nitrogens is 1. The maximum absolute atomic E-state index is 13.6. The van der Waals surface area contributed by atoms with Crippen LogP contribution in [0.15, 0.2) is 65.9 Å². The number of nitrogens with zero attached hydrogens (tertiary/aromatic N) is 2. The fraction of sp³-hybridized carbons (Fsp3) is 0.357. The SMILES string of the molecule is Cc1cccc(CC2(C(=O)NC(CC(C)C)B(O)O)CC(CNC(=O)c3nccc4ccccc34)=NO2)c1. The van der Waals surface area contributed by atoms with E-state index in [1.165, 1.54) is 0 Å². The van der Waals surface area contributed by atoms with E-state index >= 15 is 0 Å². The Hall–Kier alpha value is -3.76. The molecule has 4 N–H and O–H groups in total. The summed E-state index contributed by atoms with van der Waals surface area (Å²) in [4.78, 5) is 36.6. The topological polar surface area (TPSA) is 133 Å². The lowest BCUT2D eigenvalue weighted by molar-refractivity contribution is -0.144. The van der Waals surface area contributed by atoms with Crippen LogP contribution in [-0.2, 0) is 16.1 Å². The van der Waals surface area contributed by atoms with Crippen molar-refractivity contribution in [2.75, 3.05) is 6.54 Å². The third-order valence-electron chi connectivity index (χ3n) is 6.57. The van der Waals surface area contributed by atoms with Gasteiger partial charge in [0.25, 0.3) is 11.8 Å². The molecule has 1 aromatic heterocycles. The first-order valence-electron chi connectivity index (χ1n) is 12.8. The number of carbonyl (C=O) groups is 2. The largest absolute Gasteiger partial charge is 0.475 e. The molecule has 2 amide bonds. The molecule has 1 aliphatic heterocycles. The summed E-state index contributed by atoms with van der Waals surface area (Å²) in [5.41, 5.74) is 1.32. The van der Waals surface area contributed by atoms with E-state index in [-0.39, 0.29) is 31.2 Å². The van der Waals surface area contributed by atoms with Gasteiger partial charge in [0.2, 0.25) is 5.60 Å². The normalized spacial score (nSPS) is 17.6. The number of oxime groups is 1. The van der Waals surface area contributed by atoms with E-state index in [4.69, 9.17) is 4.84 Å². The Labute approximate surface area is 222 Å². The van der Waals surface area contributed by atoms with Gasteiger partial charge in [-0.2, -0.15) is 0 Å². The van der Waals surface area contributed by atoms with Gasteiger partial charge in [-0.1, -0.05) is 73.1 Å². The van der Waals surface area contributed by atoms with Gasteiger partial charge in [0, 0.05) is 24.4 Å². The first-order valence-corrected chi connectivity index (χ1v) is 12.8. The van der Waals surface area contributed by atoms with Crippen molar-refractivity contribution in [3.8, 4) is 0 Å². The number of hydrogen-bond donors (Lipinski definition) is 4. The van der Waals surface area contributed by atoms with Crippen molar-refractivity contribution >= 4 is 35.4 Å². The summed E-state index contributed by atoms with van der Waals surface area (Å²) in [6.45, 7) is 5.91. The number of nitrogens with one attached hydrogen (secondary N) is 2. The molecular formula is C28H33BN4O5. The van der Waals surface area contributed by atoms with Crippen molar-refractivity contribution in [3.63, 3.8) is 0 Å². The average molecular weight is 516 g/mol. The molecule has 0 fully saturated rings. The Balaban J connectivity index is 1.50. The molecule has 0 aliphatic carbocycles. The molecule has 198 valence electrons. The molecule has 2 aromatic carbocycles. The van der Waals surface area contributed by atoms with Crippen molar-refractivity contribution in [2.45, 2.75) is 51.6 Å². The summed E-state index contributed by atoms with van der Waals surface area (Å²) in [7, 11) is -1.72. The molecule has 9 nitrogen and oxygen atoms in total. The van der Waals surface area contributed by atoms with Crippen LogP contribution >= 0.6 is 0 Å². The Morgan fingerprint density at radius 1 is 1.13 bits per heavy atom. The Morgan fingerprint density at radius 2 is 1.92 bits per heavy atom. The second-order valence-electron chi connectivity index (χ2n) is 10.3. The highest BCUT2D eigenvalue weighted by molar-refractivity contribution is 6.43. The van der Waals surface area contributed by atoms with Gasteiger partial charge in [-0.3, -0.25) is 14.6 Å². The van der Waals surface area contributed by atoms with E-state index in [2.05, 4.69) is 20.8 Å². The fourth-order valence-electron chi connectivity index (χ4n) is 4.72. The van der Waals surface area contributed by atoms with Crippen molar-refractivity contribution < 1.29 is 24.5 Å². The zero-order valence-corrected chi connectivity index (χ0v) is 21.8. The van der Waals surface area contributed by atoms with Crippen LogP contribution in [0.4, 0.5) is 0 Å². The van der Waals surface area contributed by atoms with E-state index in [1.54, 1.807) is 6.20 Å². The van der Waals surface area contributed by atoms with Gasteiger partial charge in [-0.05, 0) is 36.3 Å². The second kappa shape index (κ2) is 11.7. The minimum Gasteiger partial charge on any atom is -0.426 e. The van der Waals surface area contributed by atoms with Crippen molar-refractivity contribution in [1.29, 1.82) is 0 Å². The molecule has 3 aromatic rings. The summed E-state index contributed by atoms with van der Waals surface area (Å²) in [6, 6.07) is 17.1. The van der Waals surface area contributed by atoms with Crippen LogP contribution in [0.1, 0.15) is 48.3 Å². The Bertz CT molecular complexity index is 1340. The predicted octanol–water partition coefficient (Wildman–Crippen LogP) is 2.57. The number of rotatable bonds is 10. The number of fused-ring (bicyclic) bond motifs is 1. The molecule has 4 rings (SSSR count). The van der Waals surface area contributed by atoms with Crippen molar-refractivity contribution in [1.82, 2.24) is 15.6 Å². The van der Waals surface area contributed by atoms with E-state index in [0.717, 1.165) is 21.9 Å². The number of aryl methyl sites for hydroxylation is 1. The van der Waals surface area contributed by atoms with Gasteiger partial charge in [0.05, 0.1) is 18.2 Å². The lowest BCUT2D eigenvalue weighted by Gasteiger charge is -2.29. The highest BCUT2D eigenvalue weighted by atomic mass is 16.7. The minimum absolute atomic E-state index is 0.0740. The summed E-state index contributed by atoms with van der Waals surface area (Å²) < 4.78 is 0. The third kappa shape index (κ3) is 6.38. The van der Waals surface area contributed by atoms with Crippen LogP contribution in [0, 0.1) is 12.8 Å². The monoisotopic (exact) mass is 516 g/mol. The first-order chi connectivity index (χ1) is 18.2. The zero-order valence-electron chi connectivity index (χ0n) is 21.8. The van der Waals surface area contributed by atoms with Crippen LogP contribution in [0.5, 0.6) is 0 Å². The molecule has 1 aliphatic rings. The average Bonchev–Trinajstić information content (AvgIpc) is 3.30. The predicted molar refractivity (Wildman–Crippen MR) is 146 cm³/mol. The molecule has 10 heteroatoms. The highest BCUT2D eigenvalue weighted by Gasteiger charge is 2.48. The number of amides is 2. The van der Waals surface area contributed by atoms with Gasteiger partial charge >= 0.3 is 7.12 Å². The molecule has 0 saturated heterocycles. The molecular weight excluding hydrogens is 483 g/mol. The Morgan fingerprint density at radius 3 is 2.66 bits per heavy atom. The van der Waals surface area contributed by atoms with Crippen LogP contribution in [0.3, 0.4) is 0 Å². The smallest absolute Gasteiger partial charge is 0.426 e. The summed E-state index contributed by atoms with van der Waals surface area (Å²) >= 11 is 0. The number of carbonyl (C=O) groups excluding carboxylic acids is 2.